The topological polar surface area (TPSA) is 90.3 Å². The third-order valence-electron chi connectivity index (χ3n) is 4.08. The Morgan fingerprint density at radius 3 is 2.83 bits per heavy atom. The minimum Gasteiger partial charge on any atom is -0.466 e. The van der Waals surface area contributed by atoms with E-state index in [0.29, 0.717) is 29.5 Å². The second kappa shape index (κ2) is 9.29. The Balaban J connectivity index is 1.71. The Bertz CT molecular complexity index is 1090. The molecule has 0 radical (unpaired) electrons. The molecule has 150 valence electrons. The van der Waals surface area contributed by atoms with Crippen molar-refractivity contribution in [2.24, 2.45) is 0 Å². The number of hydrogen-bond donors (Lipinski definition) is 1. The zero-order valence-corrected chi connectivity index (χ0v) is 17.0. The number of nitrogens with one attached hydrogen (secondary N) is 1. The smallest absolute Gasteiger partial charge is 0.311 e. The Morgan fingerprint density at radius 2 is 2.07 bits per heavy atom. The number of amides is 1. The lowest BCUT2D eigenvalue weighted by Gasteiger charge is -2.09. The number of aromatic nitrogens is 2. The normalized spacial score (nSPS) is 10.6. The number of hydrogen-bond acceptors (Lipinski definition) is 6. The van der Waals surface area contributed by atoms with Crippen LogP contribution in [0.1, 0.15) is 34.1 Å². The van der Waals surface area contributed by atoms with Crippen LogP contribution in [0.3, 0.4) is 0 Å². The van der Waals surface area contributed by atoms with Crippen LogP contribution in [0.4, 0.5) is 5.13 Å². The second-order valence-electron chi connectivity index (χ2n) is 6.45. The van der Waals surface area contributed by atoms with Crippen LogP contribution >= 0.6 is 11.3 Å². The standard InChI is InChI=1S/C21H21N3O4S/c1-3-28-19(26)10-17-13-29-21(22-17)23-20(27)16-7-8-18(25)24(12-16)11-15-6-4-5-14(2)9-15/h4-9,12-13H,3,10-11H2,1-2H3,(H,22,23,27). The molecular formula is C21H21N3O4S. The van der Waals surface area contributed by atoms with E-state index >= 15 is 0 Å². The molecule has 29 heavy (non-hydrogen) atoms. The van der Waals surface area contributed by atoms with Crippen molar-refractivity contribution < 1.29 is 14.3 Å². The zero-order chi connectivity index (χ0) is 20.8. The first-order chi connectivity index (χ1) is 13.9. The van der Waals surface area contributed by atoms with Gasteiger partial charge in [0.2, 0.25) is 0 Å². The molecule has 0 aliphatic rings. The number of thiazole rings is 1. The van der Waals surface area contributed by atoms with Crippen LogP contribution in [0.15, 0.2) is 52.8 Å². The van der Waals surface area contributed by atoms with E-state index in [9.17, 15) is 14.4 Å². The number of benzene rings is 1. The van der Waals surface area contributed by atoms with Gasteiger partial charge in [0.25, 0.3) is 11.5 Å². The third-order valence-corrected chi connectivity index (χ3v) is 4.89. The molecule has 3 aromatic rings. The van der Waals surface area contributed by atoms with E-state index in [1.54, 1.807) is 12.3 Å². The summed E-state index contributed by atoms with van der Waals surface area (Å²) in [5, 5.41) is 4.78. The van der Waals surface area contributed by atoms with Gasteiger partial charge in [0.15, 0.2) is 5.13 Å². The number of ether oxygens (including phenoxy) is 1. The molecule has 0 aliphatic heterocycles. The number of esters is 1. The van der Waals surface area contributed by atoms with E-state index in [-0.39, 0.29) is 23.9 Å². The molecule has 0 atom stereocenters. The van der Waals surface area contributed by atoms with Crippen LogP contribution in [0, 0.1) is 6.92 Å². The van der Waals surface area contributed by atoms with E-state index in [1.165, 1.54) is 34.2 Å². The van der Waals surface area contributed by atoms with E-state index < -0.39 is 0 Å². The number of rotatable bonds is 7. The summed E-state index contributed by atoms with van der Waals surface area (Å²) in [4.78, 5) is 40.5. The molecule has 8 heteroatoms. The van der Waals surface area contributed by atoms with Gasteiger partial charge in [-0.25, -0.2) is 4.98 Å². The van der Waals surface area contributed by atoms with Crippen molar-refractivity contribution in [3.8, 4) is 0 Å². The fourth-order valence-electron chi connectivity index (χ4n) is 2.77. The number of carbonyl (C=O) groups excluding carboxylic acids is 2. The van der Waals surface area contributed by atoms with Gasteiger partial charge in [0.1, 0.15) is 0 Å². The van der Waals surface area contributed by atoms with Gasteiger partial charge in [-0.05, 0) is 25.5 Å². The molecule has 1 amide bonds. The van der Waals surface area contributed by atoms with Gasteiger partial charge < -0.3 is 9.30 Å². The van der Waals surface area contributed by atoms with Gasteiger partial charge in [-0.2, -0.15) is 0 Å². The minimum atomic E-state index is -0.375. The molecule has 0 unspecified atom stereocenters. The van der Waals surface area contributed by atoms with Crippen molar-refractivity contribution in [1.29, 1.82) is 0 Å². The van der Waals surface area contributed by atoms with Gasteiger partial charge in [-0.1, -0.05) is 29.8 Å². The maximum Gasteiger partial charge on any atom is 0.311 e. The summed E-state index contributed by atoms with van der Waals surface area (Å²) in [6.07, 6.45) is 1.59. The van der Waals surface area contributed by atoms with E-state index in [1.807, 2.05) is 31.2 Å². The minimum absolute atomic E-state index is 0.0571. The highest BCUT2D eigenvalue weighted by Crippen LogP contribution is 2.17. The van der Waals surface area contributed by atoms with E-state index in [0.717, 1.165) is 11.1 Å². The summed E-state index contributed by atoms with van der Waals surface area (Å²) in [6.45, 7) is 4.41. The Morgan fingerprint density at radius 1 is 1.24 bits per heavy atom. The van der Waals surface area contributed by atoms with Crippen molar-refractivity contribution in [1.82, 2.24) is 9.55 Å². The second-order valence-corrected chi connectivity index (χ2v) is 7.31. The van der Waals surface area contributed by atoms with Gasteiger partial charge in [0.05, 0.1) is 30.8 Å². The molecule has 2 heterocycles. The largest absolute Gasteiger partial charge is 0.466 e. The molecule has 3 rings (SSSR count). The predicted octanol–water partition coefficient (Wildman–Crippen LogP) is 3.02. The van der Waals surface area contributed by atoms with Crippen molar-refractivity contribution in [2.75, 3.05) is 11.9 Å². The fourth-order valence-corrected chi connectivity index (χ4v) is 3.48. The lowest BCUT2D eigenvalue weighted by molar-refractivity contribution is -0.142. The highest BCUT2D eigenvalue weighted by Gasteiger charge is 2.13. The Hall–Kier alpha value is -3.26. The predicted molar refractivity (Wildman–Crippen MR) is 111 cm³/mol. The SMILES string of the molecule is CCOC(=O)Cc1csc(NC(=O)c2ccc(=O)n(Cc3cccc(C)c3)c2)n1. The number of nitrogens with zero attached hydrogens (tertiary/aromatic N) is 2. The van der Waals surface area contributed by atoms with Gasteiger partial charge in [-0.3, -0.25) is 19.7 Å². The summed E-state index contributed by atoms with van der Waals surface area (Å²) in [7, 11) is 0. The maximum absolute atomic E-state index is 12.6. The van der Waals surface area contributed by atoms with Gasteiger partial charge in [0, 0.05) is 17.6 Å². The molecule has 0 bridgehead atoms. The summed E-state index contributed by atoms with van der Waals surface area (Å²) in [5.41, 5.74) is 2.78. The molecule has 0 saturated carbocycles. The summed E-state index contributed by atoms with van der Waals surface area (Å²) in [6, 6.07) is 10.7. The number of pyridine rings is 1. The lowest BCUT2D eigenvalue weighted by atomic mass is 10.1. The summed E-state index contributed by atoms with van der Waals surface area (Å²) < 4.78 is 6.39. The van der Waals surface area contributed by atoms with Crippen LogP contribution in [-0.2, 0) is 22.5 Å². The first-order valence-corrected chi connectivity index (χ1v) is 10.00. The van der Waals surface area contributed by atoms with Crippen molar-refractivity contribution in [3.63, 3.8) is 0 Å². The molecule has 0 spiro atoms. The first kappa shape index (κ1) is 20.5. The maximum atomic E-state index is 12.6. The van der Waals surface area contributed by atoms with Crippen molar-refractivity contribution in [2.45, 2.75) is 26.8 Å². The average Bonchev–Trinajstić information content (AvgIpc) is 3.10. The molecule has 0 fully saturated rings. The van der Waals surface area contributed by atoms with Crippen LogP contribution in [0.5, 0.6) is 0 Å². The van der Waals surface area contributed by atoms with E-state index in [2.05, 4.69) is 10.3 Å². The molecular weight excluding hydrogens is 390 g/mol. The van der Waals surface area contributed by atoms with Crippen molar-refractivity contribution in [3.05, 3.63) is 80.7 Å². The highest BCUT2D eigenvalue weighted by atomic mass is 32.1. The van der Waals surface area contributed by atoms with Crippen LogP contribution in [0.25, 0.3) is 0 Å². The van der Waals surface area contributed by atoms with Crippen LogP contribution in [-0.4, -0.2) is 28.0 Å². The zero-order valence-electron chi connectivity index (χ0n) is 16.2. The van der Waals surface area contributed by atoms with E-state index in [4.69, 9.17) is 4.74 Å². The fraction of sp³-hybridized carbons (Fsp3) is 0.238. The average molecular weight is 411 g/mol. The first-order valence-electron chi connectivity index (χ1n) is 9.12. The number of anilines is 1. The molecule has 2 aromatic heterocycles. The molecule has 7 nitrogen and oxygen atoms in total. The van der Waals surface area contributed by atoms with Gasteiger partial charge >= 0.3 is 5.97 Å². The van der Waals surface area contributed by atoms with Crippen LogP contribution < -0.4 is 10.9 Å². The molecule has 0 saturated heterocycles. The van der Waals surface area contributed by atoms with Gasteiger partial charge in [-0.15, -0.1) is 11.3 Å². The monoisotopic (exact) mass is 411 g/mol. The molecule has 1 aromatic carbocycles. The quantitative estimate of drug-likeness (QED) is 0.604. The van der Waals surface area contributed by atoms with Crippen molar-refractivity contribution >= 4 is 28.3 Å². The summed E-state index contributed by atoms with van der Waals surface area (Å²) in [5.74, 6) is -0.737. The summed E-state index contributed by atoms with van der Waals surface area (Å²) >= 11 is 1.22. The van der Waals surface area contributed by atoms with Crippen LogP contribution in [0.2, 0.25) is 0 Å². The molecule has 1 N–H and O–H groups in total. The Labute approximate surface area is 172 Å². The number of aryl methyl sites for hydroxylation is 1. The molecule has 0 aliphatic carbocycles. The third kappa shape index (κ3) is 5.61. The Kier molecular flexibility index (Phi) is 6.56. The highest BCUT2D eigenvalue weighted by molar-refractivity contribution is 7.14. The number of carbonyl (C=O) groups is 2. The lowest BCUT2D eigenvalue weighted by Crippen LogP contribution is -2.22.